The molecule has 0 radical (unpaired) electrons. The number of methoxy groups -OCH3 is 1. The van der Waals surface area contributed by atoms with Crippen LogP contribution in [0.4, 0.5) is 5.69 Å². The van der Waals surface area contributed by atoms with Gasteiger partial charge in [-0.05, 0) is 64.5 Å². The Bertz CT molecular complexity index is 1100. The third-order valence-electron chi connectivity index (χ3n) is 4.08. The minimum absolute atomic E-state index is 0.240. The molecular weight excluding hydrogens is 408 g/mol. The van der Waals surface area contributed by atoms with Gasteiger partial charge in [-0.25, -0.2) is 4.98 Å². The second kappa shape index (κ2) is 7.25. The monoisotopic (exact) mass is 422 g/mol. The van der Waals surface area contributed by atoms with Gasteiger partial charge in [-0.3, -0.25) is 4.79 Å². The van der Waals surface area contributed by atoms with Crippen LogP contribution >= 0.6 is 15.9 Å². The fourth-order valence-corrected chi connectivity index (χ4v) is 3.16. The summed E-state index contributed by atoms with van der Waals surface area (Å²) in [5.74, 6) is 0.883. The van der Waals surface area contributed by atoms with Crippen molar-refractivity contribution in [3.05, 3.63) is 76.8 Å². The lowest BCUT2D eigenvalue weighted by Gasteiger charge is -2.09. The molecule has 0 saturated carbocycles. The number of carbonyl (C=O) groups is 1. The molecule has 134 valence electrons. The van der Waals surface area contributed by atoms with Gasteiger partial charge in [0.2, 0.25) is 5.89 Å². The summed E-state index contributed by atoms with van der Waals surface area (Å²) in [5.41, 5.74) is 3.44. The molecule has 0 spiro atoms. The fraction of sp³-hybridized carbons (Fsp3) is 0.0476. The van der Waals surface area contributed by atoms with E-state index in [1.165, 1.54) is 0 Å². The molecule has 1 N–H and O–H groups in total. The quantitative estimate of drug-likeness (QED) is 0.470. The molecule has 3 aromatic carbocycles. The van der Waals surface area contributed by atoms with Crippen LogP contribution in [0.5, 0.6) is 5.75 Å². The van der Waals surface area contributed by atoms with Crippen molar-refractivity contribution in [1.82, 2.24) is 4.98 Å². The summed E-state index contributed by atoms with van der Waals surface area (Å²) >= 11 is 3.40. The third-order valence-corrected chi connectivity index (χ3v) is 4.77. The van der Waals surface area contributed by atoms with Crippen molar-refractivity contribution in [2.24, 2.45) is 0 Å². The number of carbonyl (C=O) groups excluding carboxylic acids is 1. The Morgan fingerprint density at radius 3 is 2.74 bits per heavy atom. The van der Waals surface area contributed by atoms with Crippen molar-refractivity contribution < 1.29 is 13.9 Å². The highest BCUT2D eigenvalue weighted by Gasteiger charge is 2.13. The van der Waals surface area contributed by atoms with E-state index in [4.69, 9.17) is 9.15 Å². The summed E-state index contributed by atoms with van der Waals surface area (Å²) < 4.78 is 11.7. The van der Waals surface area contributed by atoms with Gasteiger partial charge in [-0.2, -0.15) is 0 Å². The number of benzene rings is 3. The summed E-state index contributed by atoms with van der Waals surface area (Å²) in [6, 6.07) is 20.2. The number of fused-ring (bicyclic) bond motifs is 1. The van der Waals surface area contributed by atoms with E-state index in [-0.39, 0.29) is 5.91 Å². The first-order valence-electron chi connectivity index (χ1n) is 8.25. The van der Waals surface area contributed by atoms with Crippen molar-refractivity contribution in [2.45, 2.75) is 0 Å². The Balaban J connectivity index is 1.62. The SMILES string of the molecule is COc1ccc(Br)c(C(=O)Nc2cccc(-c3nc4ccccc4o3)c2)c1. The van der Waals surface area contributed by atoms with Crippen LogP contribution in [-0.2, 0) is 0 Å². The standard InChI is InChI=1S/C21H15BrN2O3/c1-26-15-9-10-17(22)16(12-15)20(25)23-14-6-4-5-13(11-14)21-24-18-7-2-3-8-19(18)27-21/h2-12H,1H3,(H,23,25). The molecule has 27 heavy (non-hydrogen) atoms. The van der Waals surface area contributed by atoms with Crippen LogP contribution in [0.1, 0.15) is 10.4 Å². The number of anilines is 1. The van der Waals surface area contributed by atoms with Crippen molar-refractivity contribution in [3.63, 3.8) is 0 Å². The molecule has 0 aliphatic rings. The Kier molecular flexibility index (Phi) is 4.64. The van der Waals surface area contributed by atoms with Crippen LogP contribution < -0.4 is 10.1 Å². The predicted octanol–water partition coefficient (Wildman–Crippen LogP) is 5.52. The van der Waals surface area contributed by atoms with Crippen LogP contribution in [0.3, 0.4) is 0 Å². The maximum absolute atomic E-state index is 12.7. The molecule has 0 fully saturated rings. The number of hydrogen-bond donors (Lipinski definition) is 1. The van der Waals surface area contributed by atoms with Crippen molar-refractivity contribution >= 4 is 38.6 Å². The van der Waals surface area contributed by atoms with E-state index in [9.17, 15) is 4.79 Å². The van der Waals surface area contributed by atoms with Gasteiger partial charge < -0.3 is 14.5 Å². The maximum atomic E-state index is 12.7. The topological polar surface area (TPSA) is 64.4 Å². The minimum atomic E-state index is -0.240. The number of para-hydroxylation sites is 2. The average molecular weight is 423 g/mol. The number of ether oxygens (including phenoxy) is 1. The predicted molar refractivity (Wildman–Crippen MR) is 108 cm³/mol. The molecule has 5 nitrogen and oxygen atoms in total. The van der Waals surface area contributed by atoms with Gasteiger partial charge in [-0.1, -0.05) is 18.2 Å². The second-order valence-corrected chi connectivity index (χ2v) is 6.72. The molecule has 1 amide bonds. The summed E-state index contributed by atoms with van der Waals surface area (Å²) in [6.07, 6.45) is 0. The molecule has 4 aromatic rings. The van der Waals surface area contributed by atoms with E-state index < -0.39 is 0 Å². The van der Waals surface area contributed by atoms with Crippen LogP contribution in [0.25, 0.3) is 22.6 Å². The molecule has 0 bridgehead atoms. The van der Waals surface area contributed by atoms with Crippen LogP contribution in [-0.4, -0.2) is 18.0 Å². The van der Waals surface area contributed by atoms with Gasteiger partial charge in [0.1, 0.15) is 11.3 Å². The lowest BCUT2D eigenvalue weighted by molar-refractivity contribution is 0.102. The fourth-order valence-electron chi connectivity index (χ4n) is 2.73. The number of aromatic nitrogens is 1. The van der Waals surface area contributed by atoms with Crippen molar-refractivity contribution in [2.75, 3.05) is 12.4 Å². The summed E-state index contributed by atoms with van der Waals surface area (Å²) in [7, 11) is 1.56. The number of rotatable bonds is 4. The largest absolute Gasteiger partial charge is 0.497 e. The molecule has 1 aromatic heterocycles. The van der Waals surface area contributed by atoms with E-state index >= 15 is 0 Å². The smallest absolute Gasteiger partial charge is 0.256 e. The molecule has 0 atom stereocenters. The first-order valence-corrected chi connectivity index (χ1v) is 9.04. The van der Waals surface area contributed by atoms with E-state index in [0.29, 0.717) is 27.4 Å². The molecule has 0 aliphatic carbocycles. The molecule has 0 aliphatic heterocycles. The summed E-state index contributed by atoms with van der Waals surface area (Å²) in [5, 5.41) is 2.90. The van der Waals surface area contributed by atoms with Gasteiger partial charge in [0.15, 0.2) is 5.58 Å². The lowest BCUT2D eigenvalue weighted by Crippen LogP contribution is -2.12. The first-order chi connectivity index (χ1) is 13.1. The van der Waals surface area contributed by atoms with E-state index in [1.54, 1.807) is 25.3 Å². The Morgan fingerprint density at radius 1 is 1.07 bits per heavy atom. The maximum Gasteiger partial charge on any atom is 0.256 e. The molecule has 6 heteroatoms. The highest BCUT2D eigenvalue weighted by Crippen LogP contribution is 2.27. The zero-order valence-corrected chi connectivity index (χ0v) is 16.0. The number of nitrogens with one attached hydrogen (secondary N) is 1. The molecule has 4 rings (SSSR count). The third kappa shape index (κ3) is 3.57. The number of halogens is 1. The van der Waals surface area contributed by atoms with Gasteiger partial charge in [0.25, 0.3) is 5.91 Å². The minimum Gasteiger partial charge on any atom is -0.497 e. The normalized spacial score (nSPS) is 10.7. The summed E-state index contributed by atoms with van der Waals surface area (Å²) in [4.78, 5) is 17.2. The highest BCUT2D eigenvalue weighted by molar-refractivity contribution is 9.10. The molecule has 1 heterocycles. The molecular formula is C21H15BrN2O3. The number of oxazole rings is 1. The van der Waals surface area contributed by atoms with Gasteiger partial charge in [-0.15, -0.1) is 0 Å². The van der Waals surface area contributed by atoms with Crippen LogP contribution in [0, 0.1) is 0 Å². The van der Waals surface area contributed by atoms with Gasteiger partial charge in [0, 0.05) is 15.7 Å². The summed E-state index contributed by atoms with van der Waals surface area (Å²) in [6.45, 7) is 0. The van der Waals surface area contributed by atoms with Crippen molar-refractivity contribution in [1.29, 1.82) is 0 Å². The Hall–Kier alpha value is -3.12. The van der Waals surface area contributed by atoms with E-state index in [2.05, 4.69) is 26.2 Å². The average Bonchev–Trinajstić information content (AvgIpc) is 3.13. The van der Waals surface area contributed by atoms with Gasteiger partial charge in [0.05, 0.1) is 12.7 Å². The van der Waals surface area contributed by atoms with E-state index in [1.807, 2.05) is 48.5 Å². The number of nitrogens with zero attached hydrogens (tertiary/aromatic N) is 1. The molecule has 0 saturated heterocycles. The van der Waals surface area contributed by atoms with Crippen LogP contribution in [0.15, 0.2) is 75.6 Å². The molecule has 0 unspecified atom stereocenters. The number of hydrogen-bond acceptors (Lipinski definition) is 4. The van der Waals surface area contributed by atoms with E-state index in [0.717, 1.165) is 16.7 Å². The van der Waals surface area contributed by atoms with Gasteiger partial charge >= 0.3 is 0 Å². The zero-order valence-electron chi connectivity index (χ0n) is 14.4. The van der Waals surface area contributed by atoms with Crippen LogP contribution in [0.2, 0.25) is 0 Å². The number of amides is 1. The Morgan fingerprint density at radius 2 is 1.93 bits per heavy atom. The van der Waals surface area contributed by atoms with Crippen molar-refractivity contribution in [3.8, 4) is 17.2 Å². The highest BCUT2D eigenvalue weighted by atomic mass is 79.9. The zero-order chi connectivity index (χ0) is 18.8. The second-order valence-electron chi connectivity index (χ2n) is 5.87. The lowest BCUT2D eigenvalue weighted by atomic mass is 10.1. The first kappa shape index (κ1) is 17.3. The Labute approximate surface area is 164 Å².